The van der Waals surface area contributed by atoms with Gasteiger partial charge in [-0.1, -0.05) is 42.8 Å². The van der Waals surface area contributed by atoms with Gasteiger partial charge in [-0.15, -0.1) is 45.3 Å². The van der Waals surface area contributed by atoms with Gasteiger partial charge < -0.3 is 78.9 Å². The third-order valence-corrected chi connectivity index (χ3v) is 26.7. The summed E-state index contributed by atoms with van der Waals surface area (Å²) in [6.07, 6.45) is 18.8. The number of nitrogens with zero attached hydrogens (tertiary/aromatic N) is 22. The molecule has 0 unspecified atom stereocenters. The summed E-state index contributed by atoms with van der Waals surface area (Å²) in [6.45, 7) is 15.0. The van der Waals surface area contributed by atoms with Crippen LogP contribution in [0.5, 0.6) is 11.8 Å². The quantitative estimate of drug-likeness (QED) is 0.0212. The number of ether oxygens (including phenoxy) is 5. The molecule has 18 rings (SSSR count). The number of pyridine rings is 6. The minimum atomic E-state index is -0.390. The highest BCUT2D eigenvalue weighted by molar-refractivity contribution is 7.18. The fourth-order valence-corrected chi connectivity index (χ4v) is 19.2. The number of unbranched alkanes of at least 4 members (excludes halogenated alkanes) is 2. The molecule has 0 bridgehead atoms. The van der Waals surface area contributed by atoms with Crippen LogP contribution in [0.1, 0.15) is 83.8 Å². The maximum Gasteiger partial charge on any atom is 0.344 e. The number of fused-ring (bicyclic) bond motifs is 4. The summed E-state index contributed by atoms with van der Waals surface area (Å²) >= 11 is 5.83. The van der Waals surface area contributed by atoms with Crippen LogP contribution in [0, 0.1) is 0 Å². The number of hydrogen-bond acceptors (Lipinski definition) is 36. The molecule has 15 aromatic heterocycles. The van der Waals surface area contributed by atoms with E-state index in [1.54, 1.807) is 85.0 Å². The third-order valence-electron chi connectivity index (χ3n) is 23.2. The van der Waals surface area contributed by atoms with Gasteiger partial charge in [-0.25, -0.2) is 59.6 Å². The molecule has 0 saturated carbocycles. The van der Waals surface area contributed by atoms with Crippen molar-refractivity contribution in [3.05, 3.63) is 218 Å². The molecule has 0 atom stereocenters. The van der Waals surface area contributed by atoms with Crippen molar-refractivity contribution in [2.45, 2.75) is 44.9 Å². The zero-order valence-electron chi connectivity index (χ0n) is 77.8. The van der Waals surface area contributed by atoms with E-state index in [9.17, 15) is 24.0 Å². The zero-order valence-corrected chi connectivity index (χ0v) is 81.1. The molecule has 137 heavy (non-hydrogen) atoms. The largest absolute Gasteiger partial charge is 0.481 e. The first kappa shape index (κ1) is 98.1. The minimum Gasteiger partial charge on any atom is -0.481 e. The summed E-state index contributed by atoms with van der Waals surface area (Å²) in [7, 11) is 14.6. The van der Waals surface area contributed by atoms with Crippen LogP contribution in [0.25, 0.3) is 86.9 Å². The van der Waals surface area contributed by atoms with E-state index in [2.05, 4.69) is 111 Å². The first-order chi connectivity index (χ1) is 67.0. The molecular weight excluding hydrogens is 1820 g/mol. The molecule has 3 amide bonds. The van der Waals surface area contributed by atoms with E-state index >= 15 is 0 Å². The van der Waals surface area contributed by atoms with Crippen LogP contribution in [0.2, 0.25) is 0 Å². The Hall–Kier alpha value is -13.4. The minimum absolute atomic E-state index is 0.123. The number of H-pyrrole nitrogens is 1. The van der Waals surface area contributed by atoms with Crippen LogP contribution >= 0.6 is 45.3 Å². The third kappa shape index (κ3) is 25.7. The van der Waals surface area contributed by atoms with Gasteiger partial charge in [-0.3, -0.25) is 39.1 Å². The zero-order chi connectivity index (χ0) is 95.4. The Kier molecular flexibility index (Phi) is 35.0. The number of nitrogens with one attached hydrogen (secondary N) is 4. The molecule has 0 aromatic carbocycles. The molecule has 15 aromatic rings. The lowest BCUT2D eigenvalue weighted by Gasteiger charge is -2.33. The number of likely N-dealkylation sites (N-methyl/N-ethyl adjacent to an activating group) is 3. The van der Waals surface area contributed by atoms with E-state index in [1.165, 1.54) is 51.5 Å². The monoisotopic (exact) mass is 1930 g/mol. The number of anilines is 4. The van der Waals surface area contributed by atoms with Gasteiger partial charge in [0.1, 0.15) is 65.4 Å². The first-order valence-corrected chi connectivity index (χ1v) is 48.8. The number of carbonyl (C=O) groups is 4. The molecular formula is C97H110N26O10S4. The number of methoxy groups -OCH3 is 5. The van der Waals surface area contributed by atoms with Crippen molar-refractivity contribution in [2.75, 3.05) is 207 Å². The highest BCUT2D eigenvalue weighted by Crippen LogP contribution is 2.40. The Balaban J connectivity index is 0.000000139. The molecule has 0 spiro atoms. The van der Waals surface area contributed by atoms with Gasteiger partial charge in [0.2, 0.25) is 11.8 Å². The highest BCUT2D eigenvalue weighted by atomic mass is 32.1. The molecule has 0 radical (unpaired) electrons. The number of piperazine rings is 3. The number of rotatable bonds is 35. The van der Waals surface area contributed by atoms with Crippen LogP contribution < -0.4 is 50.7 Å². The van der Waals surface area contributed by atoms with E-state index in [0.717, 1.165) is 191 Å². The SMILES string of the molecule is CN1CCN(c2nc(-c3ccccn3)nc3scc(C(=O)NCCc4cnc(=O)[nH]c4)c23)CC1.COCCCCCC(=O)c1csc2nc(-c3ccccn3)nc(N3CCN(C)CC3)c12.COCCN(CCOC)c1nc(-c2ccccn2)nc2scc(C(=O)NCCc3ccc(OC)nc3)c12.COc1ccc(CCNC(=O)c2csc3nc(-c4ccccn4)nc(N4CCN(C)CC4)c23)cn1. The number of amides is 3. The molecule has 712 valence electrons. The first-order valence-electron chi connectivity index (χ1n) is 45.3. The summed E-state index contributed by atoms with van der Waals surface area (Å²) in [5, 5.41) is 19.8. The van der Waals surface area contributed by atoms with Gasteiger partial charge in [0.05, 0.1) is 65.7 Å². The maximum absolute atomic E-state index is 13.3. The van der Waals surface area contributed by atoms with E-state index < -0.39 is 0 Å². The number of thiophene rings is 4. The van der Waals surface area contributed by atoms with E-state index in [0.29, 0.717) is 146 Å². The molecule has 3 aliphatic rings. The van der Waals surface area contributed by atoms with Crippen LogP contribution in [-0.4, -0.2) is 306 Å². The standard InChI is InChI=1S/C26H30N6O4S.C25H27N7O2S.C23H24N8O2S.C23H29N5O2S/c1-34-14-12-32(13-15-35-2)24-22-19(25(33)28-11-9-18-7-8-21(36-3)29-16-18)17-37-26(22)31-23(30-24)20-6-4-5-10-27-20;1-31-11-13-32(14-12-31)23-21-18(24(33)27-10-8-17-6-7-20(34-2)28-15-17)16-35-25(21)30-22(29-23)19-5-3-4-9-26-19;1-30-8-10-31(11-9-30)20-18-16(21(32)25-7-5-15-12-26-23(33)27-13-15)14-34-22(18)29-19(28-20)17-4-2-3-6-24-17;1-27-11-13-28(14-12-27)22-20-17(19(29)9-4-3-7-15-30-2)16-31-23(20)26-21(25-22)18-8-5-6-10-24-18/h4-8,10,16-17H,9,11-15H2,1-3H3,(H,28,33);3-7,9,15-16H,8,10-14H2,1-2H3,(H,27,33);2-4,6,12-14H,5,7-11H2,1H3,(H,25,32)(H,26,27,33);5-6,8,10,16H,3-4,7,9,11-15H2,1-2H3. The van der Waals surface area contributed by atoms with Crippen molar-refractivity contribution in [1.29, 1.82) is 0 Å². The van der Waals surface area contributed by atoms with E-state index in [-0.39, 0.29) is 29.2 Å². The van der Waals surface area contributed by atoms with E-state index in [4.69, 9.17) is 63.6 Å². The second-order valence-electron chi connectivity index (χ2n) is 32.6. The van der Waals surface area contributed by atoms with Crippen molar-refractivity contribution in [3.8, 4) is 57.8 Å². The summed E-state index contributed by atoms with van der Waals surface area (Å²) in [4.78, 5) is 154. The van der Waals surface area contributed by atoms with Gasteiger partial charge >= 0.3 is 5.69 Å². The van der Waals surface area contributed by atoms with Crippen molar-refractivity contribution in [1.82, 2.24) is 110 Å². The second kappa shape index (κ2) is 48.9. The number of aromatic amines is 1. The predicted octanol–water partition coefficient (Wildman–Crippen LogP) is 11.6. The summed E-state index contributed by atoms with van der Waals surface area (Å²) < 4.78 is 26.0. The molecule has 3 saturated heterocycles. The highest BCUT2D eigenvalue weighted by Gasteiger charge is 2.31. The number of hydrogen-bond donors (Lipinski definition) is 4. The van der Waals surface area contributed by atoms with Gasteiger partial charge in [0.25, 0.3) is 17.7 Å². The van der Waals surface area contributed by atoms with Crippen LogP contribution in [0.3, 0.4) is 0 Å². The molecule has 3 aliphatic heterocycles. The van der Waals surface area contributed by atoms with Gasteiger partial charge in [0.15, 0.2) is 29.1 Å². The Morgan fingerprint density at radius 2 is 0.745 bits per heavy atom. The van der Waals surface area contributed by atoms with Crippen molar-refractivity contribution in [3.63, 3.8) is 0 Å². The second-order valence-corrected chi connectivity index (χ2v) is 36.0. The average molecular weight is 1930 g/mol. The van der Waals surface area contributed by atoms with Gasteiger partial charge in [0, 0.05) is 234 Å². The predicted molar refractivity (Wildman–Crippen MR) is 537 cm³/mol. The van der Waals surface area contributed by atoms with Crippen LogP contribution in [-0.2, 0) is 33.5 Å². The Bertz CT molecular complexity index is 6520. The normalized spacial score (nSPS) is 13.6. The topological polar surface area (TPSA) is 399 Å². The van der Waals surface area contributed by atoms with Crippen LogP contribution in [0.15, 0.2) is 173 Å². The van der Waals surface area contributed by atoms with Gasteiger partial charge in [-0.2, -0.15) is 0 Å². The Morgan fingerprint density at radius 1 is 0.387 bits per heavy atom. The molecule has 36 nitrogen and oxygen atoms in total. The lowest BCUT2D eigenvalue weighted by atomic mass is 10.0. The van der Waals surface area contributed by atoms with Crippen LogP contribution in [0.4, 0.5) is 23.3 Å². The lowest BCUT2D eigenvalue weighted by molar-refractivity contribution is 0.0948. The number of carbonyl (C=O) groups excluding carboxylic acids is 4. The smallest absolute Gasteiger partial charge is 0.344 e. The Morgan fingerprint density at radius 3 is 1.09 bits per heavy atom. The number of Topliss-reactive ketones (excluding diaryl/α,β-unsaturated/α-hetero) is 1. The molecule has 18 heterocycles. The molecule has 3 fully saturated rings. The Labute approximate surface area is 808 Å². The van der Waals surface area contributed by atoms with E-state index in [1.807, 2.05) is 113 Å². The summed E-state index contributed by atoms with van der Waals surface area (Å²) in [6, 6.07) is 30.3. The summed E-state index contributed by atoms with van der Waals surface area (Å²) in [5.74, 6) is 6.18. The van der Waals surface area contributed by atoms with Gasteiger partial charge in [-0.05, 0) is 118 Å². The number of ketones is 1. The van der Waals surface area contributed by atoms with Crippen molar-refractivity contribution < 1.29 is 42.9 Å². The molecule has 4 N–H and O–H groups in total. The fourth-order valence-electron chi connectivity index (χ4n) is 15.5. The average Bonchev–Trinajstić information content (AvgIpc) is 1.67. The molecule has 0 aliphatic carbocycles. The number of aromatic nitrogens is 16. The molecule has 40 heteroatoms. The lowest BCUT2D eigenvalue weighted by Crippen LogP contribution is -2.45. The van der Waals surface area contributed by atoms with Crippen molar-refractivity contribution in [2.24, 2.45) is 0 Å². The fraction of sp³-hybridized carbons (Fsp3) is 0.361. The summed E-state index contributed by atoms with van der Waals surface area (Å²) in [5.41, 5.74) is 7.80. The van der Waals surface area contributed by atoms with Crippen molar-refractivity contribution >= 4 is 133 Å². The maximum atomic E-state index is 13.3.